The number of nitrogens with zero attached hydrogens (tertiary/aromatic N) is 2. The molecule has 0 fully saturated rings. The van der Waals surface area contributed by atoms with Crippen molar-refractivity contribution in [2.45, 2.75) is 13.5 Å². The van der Waals surface area contributed by atoms with Crippen LogP contribution in [0.25, 0.3) is 0 Å². The summed E-state index contributed by atoms with van der Waals surface area (Å²) >= 11 is -1.52. The summed E-state index contributed by atoms with van der Waals surface area (Å²) in [7, 11) is 7.39. The number of allylic oxidation sites excluding steroid dienone is 1. The monoisotopic (exact) mass is 260 g/mol. The standard InChI is InChI=1S/C12H13BN2O2S/c1-9-11(13)12(16)15(18(17)14(9)2)8-10-6-4-3-5-7-10/h3-7H,8H2,1-2H3. The predicted octanol–water partition coefficient (Wildman–Crippen LogP) is 0.939. The second-order valence-corrected chi connectivity index (χ2v) is 5.50. The molecule has 0 saturated heterocycles. The molecule has 1 aliphatic rings. The topological polar surface area (TPSA) is 40.6 Å². The van der Waals surface area contributed by atoms with Crippen LogP contribution in [0.15, 0.2) is 41.5 Å². The van der Waals surface area contributed by atoms with Crippen LogP contribution >= 0.6 is 0 Å². The summed E-state index contributed by atoms with van der Waals surface area (Å²) < 4.78 is 14.9. The second-order valence-electron chi connectivity index (χ2n) is 4.05. The van der Waals surface area contributed by atoms with Crippen molar-refractivity contribution in [2.24, 2.45) is 0 Å². The van der Waals surface area contributed by atoms with E-state index in [0.717, 1.165) is 5.56 Å². The van der Waals surface area contributed by atoms with Crippen LogP contribution in [0.1, 0.15) is 12.5 Å². The highest BCUT2D eigenvalue weighted by molar-refractivity contribution is 7.81. The first-order valence-corrected chi connectivity index (χ1v) is 6.56. The lowest BCUT2D eigenvalue weighted by atomic mass is 9.92. The van der Waals surface area contributed by atoms with Crippen molar-refractivity contribution in [3.8, 4) is 0 Å². The summed E-state index contributed by atoms with van der Waals surface area (Å²) in [5.41, 5.74) is 1.61. The van der Waals surface area contributed by atoms with Crippen LogP contribution < -0.4 is 0 Å². The second kappa shape index (κ2) is 4.98. The van der Waals surface area contributed by atoms with Crippen LogP contribution in [-0.2, 0) is 22.5 Å². The van der Waals surface area contributed by atoms with Gasteiger partial charge in [-0.1, -0.05) is 30.3 Å². The molecule has 18 heavy (non-hydrogen) atoms. The minimum Gasteiger partial charge on any atom is -0.282 e. The lowest BCUT2D eigenvalue weighted by molar-refractivity contribution is -0.122. The summed E-state index contributed by atoms with van der Waals surface area (Å²) in [4.78, 5) is 12.0. The molecule has 0 aromatic heterocycles. The highest BCUT2D eigenvalue weighted by Gasteiger charge is 2.31. The first kappa shape index (κ1) is 12.9. The fourth-order valence-electron chi connectivity index (χ4n) is 1.67. The fourth-order valence-corrected chi connectivity index (χ4v) is 2.80. The van der Waals surface area contributed by atoms with E-state index < -0.39 is 11.2 Å². The van der Waals surface area contributed by atoms with E-state index in [1.165, 1.54) is 8.61 Å². The normalized spacial score (nSPS) is 20.6. The van der Waals surface area contributed by atoms with Crippen molar-refractivity contribution in [1.82, 2.24) is 8.61 Å². The van der Waals surface area contributed by atoms with Gasteiger partial charge in [-0.05, 0) is 18.0 Å². The molecule has 1 atom stereocenters. The Morgan fingerprint density at radius 3 is 2.50 bits per heavy atom. The molecule has 4 nitrogen and oxygen atoms in total. The molecule has 1 unspecified atom stereocenters. The van der Waals surface area contributed by atoms with Gasteiger partial charge in [0.25, 0.3) is 5.91 Å². The van der Waals surface area contributed by atoms with Gasteiger partial charge in [0.15, 0.2) is 0 Å². The molecule has 0 N–H and O–H groups in total. The third kappa shape index (κ3) is 2.20. The Morgan fingerprint density at radius 1 is 1.28 bits per heavy atom. The molecule has 0 spiro atoms. The van der Waals surface area contributed by atoms with Gasteiger partial charge < -0.3 is 0 Å². The number of hydrogen-bond acceptors (Lipinski definition) is 2. The average molecular weight is 260 g/mol. The van der Waals surface area contributed by atoms with Crippen molar-refractivity contribution >= 4 is 24.9 Å². The number of carbonyl (C=O) groups is 1. The zero-order valence-corrected chi connectivity index (χ0v) is 11.1. The number of rotatable bonds is 2. The van der Waals surface area contributed by atoms with Crippen molar-refractivity contribution in [3.05, 3.63) is 47.1 Å². The van der Waals surface area contributed by atoms with Crippen LogP contribution in [-0.4, -0.2) is 33.6 Å². The van der Waals surface area contributed by atoms with Crippen LogP contribution in [0.2, 0.25) is 0 Å². The third-order valence-corrected chi connectivity index (χ3v) is 4.33. The van der Waals surface area contributed by atoms with E-state index in [2.05, 4.69) is 0 Å². The van der Waals surface area contributed by atoms with E-state index in [4.69, 9.17) is 7.85 Å². The van der Waals surface area contributed by atoms with Gasteiger partial charge in [-0.3, -0.25) is 9.10 Å². The Kier molecular flexibility index (Phi) is 3.56. The van der Waals surface area contributed by atoms with Crippen LogP contribution in [0, 0.1) is 0 Å². The van der Waals surface area contributed by atoms with Gasteiger partial charge in [-0.15, -0.1) is 0 Å². The Bertz CT molecular complexity index is 530. The Morgan fingerprint density at radius 2 is 1.89 bits per heavy atom. The summed E-state index contributed by atoms with van der Waals surface area (Å²) in [6.07, 6.45) is 0. The molecule has 92 valence electrons. The van der Waals surface area contributed by atoms with Crippen molar-refractivity contribution in [2.75, 3.05) is 7.05 Å². The molecule has 1 heterocycles. The largest absolute Gasteiger partial charge is 0.282 e. The van der Waals surface area contributed by atoms with E-state index in [1.807, 2.05) is 30.3 Å². The van der Waals surface area contributed by atoms with Gasteiger partial charge in [-0.2, -0.15) is 0 Å². The van der Waals surface area contributed by atoms with Gasteiger partial charge in [0.2, 0.25) is 11.2 Å². The summed E-state index contributed by atoms with van der Waals surface area (Å²) in [6.45, 7) is 1.97. The maximum atomic E-state index is 12.1. The molecule has 0 saturated carbocycles. The number of amides is 1. The number of carbonyl (C=O) groups excluding carboxylic acids is 1. The summed E-state index contributed by atoms with van der Waals surface area (Å²) in [6, 6.07) is 9.41. The molecule has 0 bridgehead atoms. The molecule has 6 heteroatoms. The summed E-state index contributed by atoms with van der Waals surface area (Å²) in [5.74, 6) is -0.382. The highest BCUT2D eigenvalue weighted by atomic mass is 32.2. The fraction of sp³-hybridized carbons (Fsp3) is 0.250. The molecule has 2 rings (SSSR count). The maximum Gasteiger partial charge on any atom is 0.254 e. The zero-order chi connectivity index (χ0) is 13.3. The Labute approximate surface area is 110 Å². The lowest BCUT2D eigenvalue weighted by Gasteiger charge is -2.34. The molecule has 1 aliphatic heterocycles. The predicted molar refractivity (Wildman–Crippen MR) is 71.4 cm³/mol. The first-order valence-electron chi connectivity index (χ1n) is 5.50. The van der Waals surface area contributed by atoms with Crippen LogP contribution in [0.5, 0.6) is 0 Å². The molecular weight excluding hydrogens is 247 g/mol. The van der Waals surface area contributed by atoms with E-state index >= 15 is 0 Å². The van der Waals surface area contributed by atoms with E-state index in [-0.39, 0.29) is 17.9 Å². The Hall–Kier alpha value is -1.56. The van der Waals surface area contributed by atoms with Crippen molar-refractivity contribution in [3.63, 3.8) is 0 Å². The molecule has 2 radical (unpaired) electrons. The molecule has 1 amide bonds. The molecule has 0 aliphatic carbocycles. The molecule has 1 aromatic rings. The minimum atomic E-state index is -1.52. The number of benzene rings is 1. The molecular formula is C12H13BN2O2S. The molecule has 1 aromatic carbocycles. The zero-order valence-electron chi connectivity index (χ0n) is 10.3. The Balaban J connectivity index is 2.29. The maximum absolute atomic E-state index is 12.1. The van der Waals surface area contributed by atoms with Crippen molar-refractivity contribution < 1.29 is 9.00 Å². The van der Waals surface area contributed by atoms with Gasteiger partial charge in [0.05, 0.1) is 6.54 Å². The number of hydrogen-bond donors (Lipinski definition) is 0. The first-order chi connectivity index (χ1) is 8.52. The van der Waals surface area contributed by atoms with Gasteiger partial charge >= 0.3 is 0 Å². The third-order valence-electron chi connectivity index (χ3n) is 2.91. The van der Waals surface area contributed by atoms with Crippen LogP contribution in [0.4, 0.5) is 0 Å². The van der Waals surface area contributed by atoms with Gasteiger partial charge in [0, 0.05) is 12.7 Å². The van der Waals surface area contributed by atoms with Gasteiger partial charge in [0.1, 0.15) is 7.85 Å². The highest BCUT2D eigenvalue weighted by Crippen LogP contribution is 2.22. The van der Waals surface area contributed by atoms with E-state index in [0.29, 0.717) is 5.70 Å². The van der Waals surface area contributed by atoms with Crippen molar-refractivity contribution in [1.29, 1.82) is 0 Å². The van der Waals surface area contributed by atoms with Crippen LogP contribution in [0.3, 0.4) is 0 Å². The van der Waals surface area contributed by atoms with E-state index in [1.54, 1.807) is 14.0 Å². The quantitative estimate of drug-likeness (QED) is 0.742. The van der Waals surface area contributed by atoms with E-state index in [9.17, 15) is 9.00 Å². The average Bonchev–Trinajstić information content (AvgIpc) is 2.40. The lowest BCUT2D eigenvalue weighted by Crippen LogP contribution is -2.45. The summed E-state index contributed by atoms with van der Waals surface area (Å²) in [5, 5.41) is 0. The minimum absolute atomic E-state index is 0.146. The SMILES string of the molecule is [B]C1=C(C)N(C)S(=O)N(Cc2ccccc2)C1=O. The van der Waals surface area contributed by atoms with Gasteiger partial charge in [-0.25, -0.2) is 8.51 Å². The smallest absolute Gasteiger partial charge is 0.254 e.